The summed E-state index contributed by atoms with van der Waals surface area (Å²) in [5.74, 6) is -0.718. The second-order valence-corrected chi connectivity index (χ2v) is 7.06. The zero-order chi connectivity index (χ0) is 18.7. The van der Waals surface area contributed by atoms with Gasteiger partial charge < -0.3 is 9.64 Å². The Labute approximate surface area is 154 Å². The van der Waals surface area contributed by atoms with Gasteiger partial charge in [-0.05, 0) is 85.6 Å². The molecule has 0 saturated heterocycles. The number of carbonyl (C=O) groups is 1. The third-order valence-electron chi connectivity index (χ3n) is 5.16. The maximum atomic E-state index is 14.7. The standard InChI is InChI=1S/C22H26FNO2/c1-15(12-21(25)26-3)8-9-20(23)16(2)19-13-17-6-4-10-24-11-5-7-18(14-19)22(17)24/h8-9,12-14H,4-7,10-11H2,1-3H3. The van der Waals surface area contributed by atoms with Crippen LogP contribution >= 0.6 is 0 Å². The fourth-order valence-corrected chi connectivity index (χ4v) is 3.78. The molecule has 0 radical (unpaired) electrons. The molecule has 2 aliphatic rings. The van der Waals surface area contributed by atoms with Gasteiger partial charge in [-0.3, -0.25) is 0 Å². The molecule has 0 aromatic heterocycles. The lowest BCUT2D eigenvalue weighted by Gasteiger charge is -2.37. The second-order valence-electron chi connectivity index (χ2n) is 7.06. The Morgan fingerprint density at radius 3 is 2.31 bits per heavy atom. The number of carbonyl (C=O) groups excluding carboxylic acids is 1. The van der Waals surface area contributed by atoms with E-state index in [-0.39, 0.29) is 5.83 Å². The predicted molar refractivity (Wildman–Crippen MR) is 104 cm³/mol. The van der Waals surface area contributed by atoms with E-state index in [1.165, 1.54) is 48.9 Å². The quantitative estimate of drug-likeness (QED) is 0.443. The third-order valence-corrected chi connectivity index (χ3v) is 5.16. The average molecular weight is 355 g/mol. The minimum Gasteiger partial charge on any atom is -0.466 e. The normalized spacial score (nSPS) is 17.8. The number of nitrogens with zero attached hydrogens (tertiary/aromatic N) is 1. The molecule has 3 nitrogen and oxygen atoms in total. The van der Waals surface area contributed by atoms with Crippen LogP contribution in [0.15, 0.2) is 41.8 Å². The molecule has 0 bridgehead atoms. The van der Waals surface area contributed by atoms with Crippen LogP contribution in [0.25, 0.3) is 5.57 Å². The average Bonchev–Trinajstić information content (AvgIpc) is 2.65. The van der Waals surface area contributed by atoms with Crippen molar-refractivity contribution in [1.82, 2.24) is 0 Å². The van der Waals surface area contributed by atoms with E-state index in [4.69, 9.17) is 0 Å². The number of methoxy groups -OCH3 is 1. The Hall–Kier alpha value is -2.36. The van der Waals surface area contributed by atoms with Gasteiger partial charge in [-0.25, -0.2) is 9.18 Å². The van der Waals surface area contributed by atoms with E-state index in [0.717, 1.165) is 31.5 Å². The van der Waals surface area contributed by atoms with Crippen LogP contribution in [0.5, 0.6) is 0 Å². The van der Waals surface area contributed by atoms with Gasteiger partial charge in [0.05, 0.1) is 7.11 Å². The van der Waals surface area contributed by atoms with Gasteiger partial charge in [0.2, 0.25) is 0 Å². The molecular weight excluding hydrogens is 329 g/mol. The molecule has 0 atom stereocenters. The maximum absolute atomic E-state index is 14.7. The first kappa shape index (κ1) is 18.4. The van der Waals surface area contributed by atoms with Crippen LogP contribution in [-0.2, 0) is 22.4 Å². The van der Waals surface area contributed by atoms with Crippen molar-refractivity contribution in [2.75, 3.05) is 25.1 Å². The fourth-order valence-electron chi connectivity index (χ4n) is 3.78. The molecule has 26 heavy (non-hydrogen) atoms. The number of halogens is 1. The van der Waals surface area contributed by atoms with E-state index in [9.17, 15) is 9.18 Å². The number of esters is 1. The van der Waals surface area contributed by atoms with Crippen LogP contribution < -0.4 is 4.90 Å². The zero-order valence-corrected chi connectivity index (χ0v) is 15.8. The molecule has 0 N–H and O–H groups in total. The van der Waals surface area contributed by atoms with Gasteiger partial charge in [-0.15, -0.1) is 0 Å². The highest BCUT2D eigenvalue weighted by Gasteiger charge is 2.24. The van der Waals surface area contributed by atoms with Gasteiger partial charge in [-0.1, -0.05) is 6.08 Å². The molecule has 2 heterocycles. The number of allylic oxidation sites excluding steroid dienone is 5. The van der Waals surface area contributed by atoms with Gasteiger partial charge >= 0.3 is 5.97 Å². The minimum atomic E-state index is -0.438. The summed E-state index contributed by atoms with van der Waals surface area (Å²) in [6.45, 7) is 5.83. The van der Waals surface area contributed by atoms with Gasteiger partial charge in [0.25, 0.3) is 0 Å². The Morgan fingerprint density at radius 2 is 1.73 bits per heavy atom. The summed E-state index contributed by atoms with van der Waals surface area (Å²) in [5, 5.41) is 0. The highest BCUT2D eigenvalue weighted by molar-refractivity contribution is 5.83. The van der Waals surface area contributed by atoms with E-state index < -0.39 is 5.97 Å². The molecule has 0 unspecified atom stereocenters. The number of anilines is 1. The first-order valence-corrected chi connectivity index (χ1v) is 9.21. The summed E-state index contributed by atoms with van der Waals surface area (Å²) in [4.78, 5) is 13.7. The van der Waals surface area contributed by atoms with Crippen LogP contribution in [0, 0.1) is 0 Å². The van der Waals surface area contributed by atoms with Gasteiger partial charge in [0.1, 0.15) is 5.83 Å². The summed E-state index contributed by atoms with van der Waals surface area (Å²) in [7, 11) is 1.32. The van der Waals surface area contributed by atoms with E-state index in [1.807, 2.05) is 6.92 Å². The van der Waals surface area contributed by atoms with Crippen LogP contribution in [0.2, 0.25) is 0 Å². The van der Waals surface area contributed by atoms with Crippen LogP contribution in [0.1, 0.15) is 43.4 Å². The summed E-state index contributed by atoms with van der Waals surface area (Å²) in [6, 6.07) is 4.30. The lowest BCUT2D eigenvalue weighted by molar-refractivity contribution is -0.134. The van der Waals surface area contributed by atoms with Crippen molar-refractivity contribution >= 4 is 17.2 Å². The molecule has 0 fully saturated rings. The van der Waals surface area contributed by atoms with Gasteiger partial charge in [0.15, 0.2) is 0 Å². The predicted octanol–water partition coefficient (Wildman–Crippen LogP) is 4.76. The lowest BCUT2D eigenvalue weighted by atomic mass is 9.88. The largest absolute Gasteiger partial charge is 0.466 e. The number of hydrogen-bond acceptors (Lipinski definition) is 3. The van der Waals surface area contributed by atoms with Crippen LogP contribution in [-0.4, -0.2) is 26.2 Å². The molecule has 0 spiro atoms. The number of ether oxygens (including phenoxy) is 1. The van der Waals surface area contributed by atoms with E-state index in [1.54, 1.807) is 13.0 Å². The summed E-state index contributed by atoms with van der Waals surface area (Å²) < 4.78 is 19.2. The Kier molecular flexibility index (Phi) is 5.60. The molecule has 4 heteroatoms. The van der Waals surface area contributed by atoms with Crippen molar-refractivity contribution in [3.05, 3.63) is 58.5 Å². The van der Waals surface area contributed by atoms with E-state index in [2.05, 4.69) is 21.8 Å². The molecule has 1 aromatic rings. The highest BCUT2D eigenvalue weighted by Crippen LogP contribution is 2.38. The van der Waals surface area contributed by atoms with Gasteiger partial charge in [-0.2, -0.15) is 0 Å². The van der Waals surface area contributed by atoms with Crippen molar-refractivity contribution in [3.63, 3.8) is 0 Å². The Morgan fingerprint density at radius 1 is 1.12 bits per heavy atom. The molecule has 1 aromatic carbocycles. The molecule has 0 aliphatic carbocycles. The molecule has 138 valence electrons. The lowest BCUT2D eigenvalue weighted by Crippen LogP contribution is -2.34. The minimum absolute atomic E-state index is 0.279. The smallest absolute Gasteiger partial charge is 0.330 e. The topological polar surface area (TPSA) is 29.5 Å². The van der Waals surface area contributed by atoms with Crippen molar-refractivity contribution in [1.29, 1.82) is 0 Å². The van der Waals surface area contributed by atoms with Gasteiger partial charge in [0, 0.05) is 24.9 Å². The van der Waals surface area contributed by atoms with E-state index in [0.29, 0.717) is 11.1 Å². The van der Waals surface area contributed by atoms with Crippen LogP contribution in [0.4, 0.5) is 10.1 Å². The third kappa shape index (κ3) is 3.90. The SMILES string of the molecule is COC(=O)C=C(C)C=CC(F)=C(C)c1cc2c3c(c1)CCCN3CCC2. The number of benzene rings is 1. The molecule has 0 saturated carbocycles. The van der Waals surface area contributed by atoms with Crippen molar-refractivity contribution in [2.45, 2.75) is 39.5 Å². The molecule has 2 aliphatic heterocycles. The highest BCUT2D eigenvalue weighted by atomic mass is 19.1. The Balaban J connectivity index is 1.89. The summed E-state index contributed by atoms with van der Waals surface area (Å²) in [6.07, 6.45) is 8.83. The maximum Gasteiger partial charge on any atom is 0.330 e. The van der Waals surface area contributed by atoms with Crippen molar-refractivity contribution in [3.8, 4) is 0 Å². The molecular formula is C22H26FNO2. The fraction of sp³-hybridized carbons (Fsp3) is 0.409. The van der Waals surface area contributed by atoms with Crippen LogP contribution in [0.3, 0.4) is 0 Å². The number of rotatable bonds is 4. The number of hydrogen-bond donors (Lipinski definition) is 0. The summed E-state index contributed by atoms with van der Waals surface area (Å²) >= 11 is 0. The van der Waals surface area contributed by atoms with E-state index >= 15 is 0 Å². The Bertz CT molecular complexity index is 773. The summed E-state index contributed by atoms with van der Waals surface area (Å²) in [5.41, 5.74) is 6.33. The monoisotopic (exact) mass is 355 g/mol. The number of aryl methyl sites for hydroxylation is 2. The second kappa shape index (κ2) is 7.90. The molecule has 3 rings (SSSR count). The van der Waals surface area contributed by atoms with Crippen molar-refractivity contribution < 1.29 is 13.9 Å². The van der Waals surface area contributed by atoms with Crippen molar-refractivity contribution in [2.24, 2.45) is 0 Å². The zero-order valence-electron chi connectivity index (χ0n) is 15.8. The molecule has 0 amide bonds. The first-order chi connectivity index (χ1) is 12.5. The first-order valence-electron chi connectivity index (χ1n) is 9.21.